The topological polar surface area (TPSA) is 35.5 Å². The van der Waals surface area contributed by atoms with Gasteiger partial charge in [0.05, 0.1) is 0 Å². The highest BCUT2D eigenvalue weighted by molar-refractivity contribution is 7.48. The fraction of sp³-hybridized carbons (Fsp3) is 1.00. The number of alkyl halides is 2. The van der Waals surface area contributed by atoms with Crippen molar-refractivity contribution in [3.8, 4) is 0 Å². The summed E-state index contributed by atoms with van der Waals surface area (Å²) >= 11 is 0. The van der Waals surface area contributed by atoms with Crippen LogP contribution in [0.15, 0.2) is 0 Å². The summed E-state index contributed by atoms with van der Waals surface area (Å²) in [6.45, 7) is 2.90. The SMILES string of the molecule is CC1OP(=O)(F)OC(C)(C)C1(F)F. The van der Waals surface area contributed by atoms with Crippen LogP contribution in [-0.2, 0) is 13.6 Å². The van der Waals surface area contributed by atoms with Crippen LogP contribution in [0.3, 0.4) is 0 Å². The average molecular weight is 218 g/mol. The van der Waals surface area contributed by atoms with Gasteiger partial charge in [0.2, 0.25) is 0 Å². The molecular weight excluding hydrogens is 208 g/mol. The smallest absolute Gasteiger partial charge is 0.274 e. The van der Waals surface area contributed by atoms with Gasteiger partial charge in [0.1, 0.15) is 11.7 Å². The van der Waals surface area contributed by atoms with E-state index in [2.05, 4.69) is 9.05 Å². The lowest BCUT2D eigenvalue weighted by Crippen LogP contribution is -2.55. The predicted molar refractivity (Wildman–Crippen MR) is 39.4 cm³/mol. The Kier molecular flexibility index (Phi) is 2.30. The Hall–Kier alpha value is -0.0600. The number of hydrogen-bond donors (Lipinski definition) is 0. The van der Waals surface area contributed by atoms with Crippen LogP contribution in [0.2, 0.25) is 0 Å². The van der Waals surface area contributed by atoms with Crippen molar-refractivity contribution < 1.29 is 26.6 Å². The molecule has 7 heteroatoms. The van der Waals surface area contributed by atoms with E-state index in [1.54, 1.807) is 0 Å². The highest BCUT2D eigenvalue weighted by Crippen LogP contribution is 2.62. The second-order valence-electron chi connectivity index (χ2n) is 3.40. The highest BCUT2D eigenvalue weighted by Gasteiger charge is 2.62. The van der Waals surface area contributed by atoms with E-state index in [1.165, 1.54) is 0 Å². The molecule has 2 unspecified atom stereocenters. The molecule has 2 atom stereocenters. The molecule has 1 aliphatic rings. The molecule has 1 rings (SSSR count). The van der Waals surface area contributed by atoms with Crippen molar-refractivity contribution in [3.05, 3.63) is 0 Å². The lowest BCUT2D eigenvalue weighted by atomic mass is 9.96. The van der Waals surface area contributed by atoms with Gasteiger partial charge in [0.25, 0.3) is 0 Å². The molecular formula is C6H10F3O3P. The van der Waals surface area contributed by atoms with E-state index in [4.69, 9.17) is 0 Å². The summed E-state index contributed by atoms with van der Waals surface area (Å²) in [7, 11) is -4.82. The van der Waals surface area contributed by atoms with E-state index in [9.17, 15) is 17.5 Å². The zero-order chi connectivity index (χ0) is 10.5. The summed E-state index contributed by atoms with van der Waals surface area (Å²) in [5.41, 5.74) is -2.12. The Balaban J connectivity index is 3.03. The fourth-order valence-corrected chi connectivity index (χ4v) is 2.32. The molecule has 0 spiro atoms. The molecule has 3 nitrogen and oxygen atoms in total. The van der Waals surface area contributed by atoms with Gasteiger partial charge in [-0.1, -0.05) is 0 Å². The van der Waals surface area contributed by atoms with E-state index in [-0.39, 0.29) is 0 Å². The first kappa shape index (κ1) is 11.0. The second kappa shape index (κ2) is 2.72. The molecule has 0 radical (unpaired) electrons. The summed E-state index contributed by atoms with van der Waals surface area (Å²) in [6, 6.07) is 0. The molecule has 78 valence electrons. The van der Waals surface area contributed by atoms with Crippen molar-refractivity contribution in [3.63, 3.8) is 0 Å². The van der Waals surface area contributed by atoms with Gasteiger partial charge in [-0.15, -0.1) is 4.20 Å². The Bertz CT molecular complexity index is 266. The van der Waals surface area contributed by atoms with Crippen molar-refractivity contribution in [1.82, 2.24) is 0 Å². The van der Waals surface area contributed by atoms with Gasteiger partial charge in [-0.25, -0.2) is 13.3 Å². The Morgan fingerprint density at radius 2 is 1.85 bits per heavy atom. The molecule has 0 aromatic carbocycles. The number of hydrogen-bond acceptors (Lipinski definition) is 3. The van der Waals surface area contributed by atoms with Crippen LogP contribution in [0.25, 0.3) is 0 Å². The van der Waals surface area contributed by atoms with E-state index >= 15 is 0 Å². The summed E-state index contributed by atoms with van der Waals surface area (Å²) in [5.74, 6) is -3.37. The van der Waals surface area contributed by atoms with Crippen LogP contribution < -0.4 is 0 Å². The van der Waals surface area contributed by atoms with Crippen molar-refractivity contribution in [1.29, 1.82) is 0 Å². The minimum absolute atomic E-state index is 0.955. The molecule has 0 aliphatic carbocycles. The Labute approximate surface area is 73.9 Å². The molecule has 0 amide bonds. The molecule has 1 saturated heterocycles. The predicted octanol–water partition coefficient (Wildman–Crippen LogP) is 2.91. The monoisotopic (exact) mass is 218 g/mol. The third-order valence-corrected chi connectivity index (χ3v) is 3.18. The minimum Gasteiger partial charge on any atom is -0.274 e. The normalized spacial score (nSPS) is 43.1. The first-order chi connectivity index (χ1) is 5.58. The average Bonchev–Trinajstić information content (AvgIpc) is 1.80. The van der Waals surface area contributed by atoms with Gasteiger partial charge in [-0.3, -0.25) is 9.05 Å². The molecule has 0 bridgehead atoms. The van der Waals surface area contributed by atoms with E-state index < -0.39 is 25.5 Å². The summed E-state index contributed by atoms with van der Waals surface area (Å²) < 4.78 is 57.8. The number of halogens is 3. The van der Waals surface area contributed by atoms with Crippen LogP contribution in [0, 0.1) is 0 Å². The third-order valence-electron chi connectivity index (χ3n) is 1.93. The van der Waals surface area contributed by atoms with Crippen molar-refractivity contribution in [2.24, 2.45) is 0 Å². The molecule has 1 aliphatic heterocycles. The van der Waals surface area contributed by atoms with Crippen LogP contribution in [0.1, 0.15) is 20.8 Å². The van der Waals surface area contributed by atoms with Gasteiger partial charge in [0, 0.05) is 0 Å². The van der Waals surface area contributed by atoms with Gasteiger partial charge in [-0.05, 0) is 20.8 Å². The Morgan fingerprint density at radius 3 is 2.23 bits per heavy atom. The second-order valence-corrected chi connectivity index (χ2v) is 4.66. The summed E-state index contributed by atoms with van der Waals surface area (Å²) in [5, 5.41) is 0. The quantitative estimate of drug-likeness (QED) is 0.586. The Morgan fingerprint density at radius 1 is 1.38 bits per heavy atom. The third kappa shape index (κ3) is 1.75. The van der Waals surface area contributed by atoms with E-state index in [0.717, 1.165) is 20.8 Å². The zero-order valence-corrected chi connectivity index (χ0v) is 8.28. The van der Waals surface area contributed by atoms with Crippen molar-refractivity contribution in [2.75, 3.05) is 0 Å². The standard InChI is InChI=1S/C6H10F3O3P/c1-4-6(7,8)5(2,3)12-13(9,10)11-4/h4H,1-3H3. The maximum atomic E-state index is 13.2. The largest absolute Gasteiger partial charge is 0.514 e. The van der Waals surface area contributed by atoms with Crippen LogP contribution in [-0.4, -0.2) is 17.6 Å². The van der Waals surface area contributed by atoms with Crippen LogP contribution in [0.4, 0.5) is 13.0 Å². The number of rotatable bonds is 0. The molecule has 0 aromatic rings. The maximum Gasteiger partial charge on any atom is 0.514 e. The lowest BCUT2D eigenvalue weighted by molar-refractivity contribution is -0.229. The fourth-order valence-electron chi connectivity index (χ4n) is 1.10. The van der Waals surface area contributed by atoms with Crippen LogP contribution in [0.5, 0.6) is 0 Å². The molecule has 0 saturated carbocycles. The molecule has 0 aromatic heterocycles. The highest BCUT2D eigenvalue weighted by atomic mass is 31.2. The van der Waals surface area contributed by atoms with E-state index in [0.29, 0.717) is 0 Å². The molecule has 13 heavy (non-hydrogen) atoms. The zero-order valence-electron chi connectivity index (χ0n) is 7.38. The van der Waals surface area contributed by atoms with Gasteiger partial charge >= 0.3 is 13.8 Å². The minimum atomic E-state index is -4.82. The van der Waals surface area contributed by atoms with Gasteiger partial charge in [0.15, 0.2) is 0 Å². The van der Waals surface area contributed by atoms with Gasteiger partial charge < -0.3 is 0 Å². The summed E-state index contributed by atoms with van der Waals surface area (Å²) in [4.78, 5) is 0. The first-order valence-electron chi connectivity index (χ1n) is 3.65. The molecule has 1 fully saturated rings. The lowest BCUT2D eigenvalue weighted by Gasteiger charge is -2.41. The molecule has 1 heterocycles. The van der Waals surface area contributed by atoms with Crippen LogP contribution >= 0.6 is 7.91 Å². The van der Waals surface area contributed by atoms with Crippen molar-refractivity contribution >= 4 is 7.91 Å². The van der Waals surface area contributed by atoms with Crippen molar-refractivity contribution in [2.45, 2.75) is 38.4 Å². The summed E-state index contributed by atoms with van der Waals surface area (Å²) in [6.07, 6.45) is -1.76. The maximum absolute atomic E-state index is 13.2. The van der Waals surface area contributed by atoms with E-state index in [1.807, 2.05) is 0 Å². The molecule has 0 N–H and O–H groups in total. The first-order valence-corrected chi connectivity index (χ1v) is 5.08. The van der Waals surface area contributed by atoms with Gasteiger partial charge in [-0.2, -0.15) is 0 Å².